The molecule has 5 nitrogen and oxygen atoms in total. The Hall–Kier alpha value is -2.83. The maximum Gasteiger partial charge on any atom is 0.255 e. The number of carbonyl (C=O) groups is 1. The molecule has 0 atom stereocenters. The summed E-state index contributed by atoms with van der Waals surface area (Å²) in [5, 5.41) is 3.37. The number of hydrogen-bond acceptors (Lipinski definition) is 3. The minimum atomic E-state index is -3.51. The molecule has 3 aromatic rings. The number of sulfonamides is 1. The molecule has 0 saturated carbocycles. The van der Waals surface area contributed by atoms with Crippen LogP contribution in [0.25, 0.3) is 0 Å². The lowest BCUT2D eigenvalue weighted by Gasteiger charge is -2.23. The summed E-state index contributed by atoms with van der Waals surface area (Å²) in [5.41, 5.74) is 4.37. The van der Waals surface area contributed by atoms with Crippen LogP contribution in [0.3, 0.4) is 0 Å². The molecule has 156 valence electrons. The van der Waals surface area contributed by atoms with Crippen molar-refractivity contribution in [3.05, 3.63) is 94.0 Å². The number of rotatable bonds is 6. The average Bonchev–Trinajstić information content (AvgIpc) is 2.69. The van der Waals surface area contributed by atoms with E-state index >= 15 is 0 Å². The first-order chi connectivity index (χ1) is 14.1. The number of nitrogens with one attached hydrogen (secondary N) is 1. The molecule has 0 aliphatic heterocycles. The Bertz CT molecular complexity index is 1180. The van der Waals surface area contributed by atoms with Gasteiger partial charge in [-0.25, -0.2) is 8.42 Å². The van der Waals surface area contributed by atoms with Crippen molar-refractivity contribution >= 4 is 38.9 Å². The van der Waals surface area contributed by atoms with E-state index in [0.717, 1.165) is 16.7 Å². The van der Waals surface area contributed by atoms with Crippen molar-refractivity contribution in [3.8, 4) is 0 Å². The van der Waals surface area contributed by atoms with Gasteiger partial charge in [0.25, 0.3) is 5.91 Å². The first-order valence-electron chi connectivity index (χ1n) is 9.35. The Labute approximate surface area is 182 Å². The van der Waals surface area contributed by atoms with Gasteiger partial charge in [-0.05, 0) is 66.9 Å². The van der Waals surface area contributed by atoms with Gasteiger partial charge in [0.1, 0.15) is 0 Å². The highest BCUT2D eigenvalue weighted by Crippen LogP contribution is 2.24. The largest absolute Gasteiger partial charge is 0.322 e. The van der Waals surface area contributed by atoms with Gasteiger partial charge in [-0.15, -0.1) is 0 Å². The summed E-state index contributed by atoms with van der Waals surface area (Å²) >= 11 is 6.01. The zero-order valence-electron chi connectivity index (χ0n) is 17.0. The molecular formula is C23H23ClN2O3S. The van der Waals surface area contributed by atoms with Crippen molar-refractivity contribution in [2.75, 3.05) is 15.9 Å². The Morgan fingerprint density at radius 3 is 2.27 bits per heavy atom. The molecule has 0 aliphatic rings. The fourth-order valence-corrected chi connectivity index (χ4v) is 4.10. The van der Waals surface area contributed by atoms with Gasteiger partial charge < -0.3 is 5.32 Å². The predicted octanol–water partition coefficient (Wildman–Crippen LogP) is 5.18. The van der Waals surface area contributed by atoms with Crippen LogP contribution in [0.4, 0.5) is 11.4 Å². The van der Waals surface area contributed by atoms with Crippen molar-refractivity contribution < 1.29 is 13.2 Å². The van der Waals surface area contributed by atoms with Gasteiger partial charge in [0.05, 0.1) is 18.5 Å². The van der Waals surface area contributed by atoms with Crippen LogP contribution in [0.5, 0.6) is 0 Å². The number of nitrogens with zero attached hydrogens (tertiary/aromatic N) is 1. The van der Waals surface area contributed by atoms with Crippen molar-refractivity contribution in [1.29, 1.82) is 0 Å². The third-order valence-electron chi connectivity index (χ3n) is 4.84. The Morgan fingerprint density at radius 2 is 1.63 bits per heavy atom. The summed E-state index contributed by atoms with van der Waals surface area (Å²) in [7, 11) is -3.51. The molecule has 0 fully saturated rings. The SMILES string of the molecule is Cc1ccccc1CN(c1ccc(C(=O)Nc2cc(Cl)ccc2C)cc1)S(C)(=O)=O. The predicted molar refractivity (Wildman–Crippen MR) is 123 cm³/mol. The Morgan fingerprint density at radius 1 is 0.967 bits per heavy atom. The number of anilines is 2. The molecule has 0 bridgehead atoms. The normalized spacial score (nSPS) is 11.2. The number of hydrogen-bond donors (Lipinski definition) is 1. The van der Waals surface area contributed by atoms with E-state index < -0.39 is 10.0 Å². The van der Waals surface area contributed by atoms with Crippen LogP contribution < -0.4 is 9.62 Å². The van der Waals surface area contributed by atoms with Crippen LogP contribution in [0.15, 0.2) is 66.7 Å². The quantitative estimate of drug-likeness (QED) is 0.572. The minimum absolute atomic E-state index is 0.221. The minimum Gasteiger partial charge on any atom is -0.322 e. The topological polar surface area (TPSA) is 66.5 Å². The third-order valence-corrected chi connectivity index (χ3v) is 6.22. The van der Waals surface area contributed by atoms with Gasteiger partial charge in [-0.3, -0.25) is 9.10 Å². The number of benzene rings is 3. The van der Waals surface area contributed by atoms with Crippen molar-refractivity contribution in [2.45, 2.75) is 20.4 Å². The molecule has 0 aromatic heterocycles. The van der Waals surface area contributed by atoms with Crippen LogP contribution in [0, 0.1) is 13.8 Å². The number of halogens is 1. The van der Waals surface area contributed by atoms with Gasteiger partial charge in [0, 0.05) is 16.3 Å². The molecule has 0 heterocycles. The first kappa shape index (κ1) is 21.9. The maximum atomic E-state index is 12.6. The maximum absolute atomic E-state index is 12.6. The van der Waals surface area contributed by atoms with Crippen molar-refractivity contribution in [1.82, 2.24) is 0 Å². The third kappa shape index (κ3) is 5.20. The lowest BCUT2D eigenvalue weighted by atomic mass is 10.1. The second-order valence-corrected chi connectivity index (χ2v) is 9.50. The molecule has 3 rings (SSSR count). The molecule has 1 amide bonds. The summed E-state index contributed by atoms with van der Waals surface area (Å²) < 4.78 is 26.2. The summed E-state index contributed by atoms with van der Waals surface area (Å²) in [6.45, 7) is 4.05. The Balaban J connectivity index is 1.84. The van der Waals surface area contributed by atoms with Gasteiger partial charge in [-0.1, -0.05) is 41.9 Å². The summed E-state index contributed by atoms with van der Waals surface area (Å²) in [4.78, 5) is 12.6. The highest BCUT2D eigenvalue weighted by atomic mass is 35.5. The number of carbonyl (C=O) groups excluding carboxylic acids is 1. The van der Waals surface area contributed by atoms with E-state index in [4.69, 9.17) is 11.6 Å². The van der Waals surface area contributed by atoms with Gasteiger partial charge >= 0.3 is 0 Å². The molecule has 30 heavy (non-hydrogen) atoms. The van der Waals surface area contributed by atoms with Crippen LogP contribution >= 0.6 is 11.6 Å². The van der Waals surface area contributed by atoms with Gasteiger partial charge in [0.15, 0.2) is 0 Å². The molecule has 0 aliphatic carbocycles. The fraction of sp³-hybridized carbons (Fsp3) is 0.174. The summed E-state index contributed by atoms with van der Waals surface area (Å²) in [6, 6.07) is 19.4. The highest BCUT2D eigenvalue weighted by molar-refractivity contribution is 7.92. The Kier molecular flexibility index (Phi) is 6.48. The van der Waals surface area contributed by atoms with E-state index in [1.807, 2.05) is 44.2 Å². The second kappa shape index (κ2) is 8.90. The van der Waals surface area contributed by atoms with E-state index in [1.165, 1.54) is 10.6 Å². The zero-order chi connectivity index (χ0) is 21.9. The van der Waals surface area contributed by atoms with E-state index in [-0.39, 0.29) is 12.5 Å². The molecule has 3 aromatic carbocycles. The molecular weight excluding hydrogens is 420 g/mol. The second-order valence-electron chi connectivity index (χ2n) is 7.16. The van der Waals surface area contributed by atoms with E-state index in [2.05, 4.69) is 5.32 Å². The lowest BCUT2D eigenvalue weighted by Crippen LogP contribution is -2.29. The standard InChI is InChI=1S/C23H23ClN2O3S/c1-16-6-4-5-7-19(16)15-26(30(3,28)29)21-12-9-18(10-13-21)23(27)25-22-14-20(24)11-8-17(22)2/h4-14H,15H2,1-3H3,(H,25,27). The number of amides is 1. The smallest absolute Gasteiger partial charge is 0.255 e. The fourth-order valence-electron chi connectivity index (χ4n) is 3.04. The van der Waals surface area contributed by atoms with E-state index in [9.17, 15) is 13.2 Å². The van der Waals surface area contributed by atoms with Gasteiger partial charge in [0.2, 0.25) is 10.0 Å². The molecule has 0 spiro atoms. The molecule has 7 heteroatoms. The van der Waals surface area contributed by atoms with Crippen LogP contribution in [-0.2, 0) is 16.6 Å². The monoisotopic (exact) mass is 442 g/mol. The van der Waals surface area contributed by atoms with Crippen molar-refractivity contribution in [3.63, 3.8) is 0 Å². The van der Waals surface area contributed by atoms with Crippen LogP contribution in [0.2, 0.25) is 5.02 Å². The summed E-state index contributed by atoms with van der Waals surface area (Å²) in [5.74, 6) is -0.295. The molecule has 0 radical (unpaired) electrons. The average molecular weight is 443 g/mol. The summed E-state index contributed by atoms with van der Waals surface area (Å²) in [6.07, 6.45) is 1.17. The molecule has 1 N–H and O–H groups in total. The van der Waals surface area contributed by atoms with Crippen molar-refractivity contribution in [2.24, 2.45) is 0 Å². The lowest BCUT2D eigenvalue weighted by molar-refractivity contribution is 0.102. The van der Waals surface area contributed by atoms with E-state index in [0.29, 0.717) is 22.0 Å². The highest BCUT2D eigenvalue weighted by Gasteiger charge is 2.19. The van der Waals surface area contributed by atoms with E-state index in [1.54, 1.807) is 36.4 Å². The van der Waals surface area contributed by atoms with Gasteiger partial charge in [-0.2, -0.15) is 0 Å². The zero-order valence-corrected chi connectivity index (χ0v) is 18.6. The van der Waals surface area contributed by atoms with Crippen LogP contribution in [0.1, 0.15) is 27.0 Å². The van der Waals surface area contributed by atoms with Crippen LogP contribution in [-0.4, -0.2) is 20.6 Å². The first-order valence-corrected chi connectivity index (χ1v) is 11.6. The molecule has 0 saturated heterocycles. The number of aryl methyl sites for hydroxylation is 2. The molecule has 0 unspecified atom stereocenters.